The van der Waals surface area contributed by atoms with Crippen LogP contribution in [-0.2, 0) is 6.42 Å². The van der Waals surface area contributed by atoms with Gasteiger partial charge in [0, 0.05) is 4.47 Å². The predicted octanol–water partition coefficient (Wildman–Crippen LogP) is 3.54. The first-order valence-corrected chi connectivity index (χ1v) is 6.35. The van der Waals surface area contributed by atoms with Gasteiger partial charge in [0.05, 0.1) is 5.60 Å². The van der Waals surface area contributed by atoms with Crippen LogP contribution in [0.1, 0.15) is 31.7 Å². The third-order valence-corrected chi connectivity index (χ3v) is 4.31. The molecule has 0 unspecified atom stereocenters. The van der Waals surface area contributed by atoms with Gasteiger partial charge >= 0.3 is 0 Å². The first-order valence-electron chi connectivity index (χ1n) is 5.55. The zero-order valence-electron chi connectivity index (χ0n) is 9.04. The Morgan fingerprint density at radius 2 is 2.20 bits per heavy atom. The average molecular weight is 269 g/mol. The van der Waals surface area contributed by atoms with Gasteiger partial charge in [0.25, 0.3) is 0 Å². The van der Waals surface area contributed by atoms with Gasteiger partial charge in [-0.2, -0.15) is 0 Å². The Morgan fingerprint density at radius 3 is 2.80 bits per heavy atom. The molecule has 2 atom stereocenters. The molecule has 0 radical (unpaired) electrons. The molecule has 1 aromatic rings. The lowest BCUT2D eigenvalue weighted by atomic mass is 9.87. The van der Waals surface area contributed by atoms with E-state index in [0.29, 0.717) is 5.92 Å². The highest BCUT2D eigenvalue weighted by molar-refractivity contribution is 9.10. The lowest BCUT2D eigenvalue weighted by molar-refractivity contribution is 0.0213. The third kappa shape index (κ3) is 2.43. The van der Waals surface area contributed by atoms with Gasteiger partial charge in [-0.1, -0.05) is 40.5 Å². The molecule has 1 aliphatic carbocycles. The standard InChI is InChI=1S/C13H17BrO/c1-13(15)8-4-6-11(13)9-10-5-2-3-7-12(10)14/h2-3,5,7,11,15H,4,6,8-9H2,1H3/t11-,13+/m0/s1. The second-order valence-electron chi connectivity index (χ2n) is 4.74. The quantitative estimate of drug-likeness (QED) is 0.870. The lowest BCUT2D eigenvalue weighted by Gasteiger charge is -2.25. The Kier molecular flexibility index (Phi) is 3.17. The second-order valence-corrected chi connectivity index (χ2v) is 5.60. The van der Waals surface area contributed by atoms with Crippen molar-refractivity contribution in [3.8, 4) is 0 Å². The van der Waals surface area contributed by atoms with E-state index in [4.69, 9.17) is 0 Å². The maximum absolute atomic E-state index is 10.2. The van der Waals surface area contributed by atoms with Crippen molar-refractivity contribution in [2.24, 2.45) is 5.92 Å². The van der Waals surface area contributed by atoms with Gasteiger partial charge in [-0.05, 0) is 43.7 Å². The Labute approximate surface area is 99.6 Å². The summed E-state index contributed by atoms with van der Waals surface area (Å²) in [5, 5.41) is 10.2. The Balaban J connectivity index is 2.12. The van der Waals surface area contributed by atoms with Crippen LogP contribution in [0.5, 0.6) is 0 Å². The molecule has 0 heterocycles. The van der Waals surface area contributed by atoms with Crippen LogP contribution >= 0.6 is 15.9 Å². The summed E-state index contributed by atoms with van der Waals surface area (Å²) in [6, 6.07) is 8.29. The Morgan fingerprint density at radius 1 is 1.47 bits per heavy atom. The summed E-state index contributed by atoms with van der Waals surface area (Å²) in [5.41, 5.74) is 0.847. The second kappa shape index (κ2) is 4.26. The SMILES string of the molecule is C[C@@]1(O)CCC[C@H]1Cc1ccccc1Br. The fourth-order valence-electron chi connectivity index (χ4n) is 2.47. The molecule has 1 aromatic carbocycles. The summed E-state index contributed by atoms with van der Waals surface area (Å²) in [5.74, 6) is 0.413. The minimum absolute atomic E-state index is 0.413. The molecule has 1 saturated carbocycles. The van der Waals surface area contributed by atoms with E-state index in [1.54, 1.807) is 0 Å². The van der Waals surface area contributed by atoms with Crippen LogP contribution in [0, 0.1) is 5.92 Å². The monoisotopic (exact) mass is 268 g/mol. The first kappa shape index (κ1) is 11.2. The maximum atomic E-state index is 10.2. The molecular formula is C13H17BrO. The molecule has 1 fully saturated rings. The number of rotatable bonds is 2. The van der Waals surface area contributed by atoms with E-state index in [-0.39, 0.29) is 0 Å². The largest absolute Gasteiger partial charge is 0.390 e. The number of benzene rings is 1. The van der Waals surface area contributed by atoms with Gasteiger partial charge < -0.3 is 5.11 Å². The first-order chi connectivity index (χ1) is 7.09. The highest BCUT2D eigenvalue weighted by Gasteiger charge is 2.36. The molecule has 0 amide bonds. The van der Waals surface area contributed by atoms with Crippen molar-refractivity contribution < 1.29 is 5.11 Å². The average Bonchev–Trinajstić information content (AvgIpc) is 2.50. The highest BCUT2D eigenvalue weighted by Crippen LogP contribution is 2.38. The maximum Gasteiger partial charge on any atom is 0.0651 e. The van der Waals surface area contributed by atoms with Crippen LogP contribution in [0.25, 0.3) is 0 Å². The molecule has 15 heavy (non-hydrogen) atoms. The molecule has 0 bridgehead atoms. The summed E-state index contributed by atoms with van der Waals surface area (Å²) in [6.07, 6.45) is 4.23. The molecular weight excluding hydrogens is 252 g/mol. The van der Waals surface area contributed by atoms with E-state index in [0.717, 1.165) is 30.2 Å². The molecule has 1 N–H and O–H groups in total. The highest BCUT2D eigenvalue weighted by atomic mass is 79.9. The van der Waals surface area contributed by atoms with E-state index in [1.165, 1.54) is 5.56 Å². The Hall–Kier alpha value is -0.340. The summed E-state index contributed by atoms with van der Waals surface area (Å²) >= 11 is 3.56. The minimum atomic E-state index is -0.463. The smallest absolute Gasteiger partial charge is 0.0651 e. The van der Waals surface area contributed by atoms with Crippen LogP contribution in [-0.4, -0.2) is 10.7 Å². The van der Waals surface area contributed by atoms with E-state index >= 15 is 0 Å². The summed E-state index contributed by atoms with van der Waals surface area (Å²) < 4.78 is 1.16. The molecule has 82 valence electrons. The van der Waals surface area contributed by atoms with Crippen LogP contribution in [0.3, 0.4) is 0 Å². The van der Waals surface area contributed by atoms with Crippen molar-refractivity contribution in [2.45, 2.75) is 38.2 Å². The van der Waals surface area contributed by atoms with E-state index in [9.17, 15) is 5.11 Å². The van der Waals surface area contributed by atoms with E-state index in [1.807, 2.05) is 13.0 Å². The zero-order valence-corrected chi connectivity index (χ0v) is 10.6. The molecule has 1 nitrogen and oxygen atoms in total. The molecule has 0 aliphatic heterocycles. The topological polar surface area (TPSA) is 20.2 Å². The van der Waals surface area contributed by atoms with Crippen molar-refractivity contribution in [1.82, 2.24) is 0 Å². The summed E-state index contributed by atoms with van der Waals surface area (Å²) in [6.45, 7) is 1.97. The predicted molar refractivity (Wildman–Crippen MR) is 65.8 cm³/mol. The lowest BCUT2D eigenvalue weighted by Crippen LogP contribution is -2.30. The van der Waals surface area contributed by atoms with Gasteiger partial charge in [0.2, 0.25) is 0 Å². The van der Waals surface area contributed by atoms with Crippen LogP contribution in [0.15, 0.2) is 28.7 Å². The van der Waals surface area contributed by atoms with Crippen LogP contribution in [0.4, 0.5) is 0 Å². The van der Waals surface area contributed by atoms with Gasteiger partial charge in [0.1, 0.15) is 0 Å². The zero-order chi connectivity index (χ0) is 10.9. The Bertz CT molecular complexity index is 346. The van der Waals surface area contributed by atoms with Gasteiger partial charge in [-0.25, -0.2) is 0 Å². The van der Waals surface area contributed by atoms with E-state index in [2.05, 4.69) is 34.1 Å². The van der Waals surface area contributed by atoms with Gasteiger partial charge in [0.15, 0.2) is 0 Å². The number of hydrogen-bond donors (Lipinski definition) is 1. The van der Waals surface area contributed by atoms with Gasteiger partial charge in [-0.15, -0.1) is 0 Å². The fourth-order valence-corrected chi connectivity index (χ4v) is 2.92. The van der Waals surface area contributed by atoms with Crippen LogP contribution in [0.2, 0.25) is 0 Å². The van der Waals surface area contributed by atoms with Crippen molar-refractivity contribution >= 4 is 15.9 Å². The normalized spacial score (nSPS) is 30.7. The molecule has 0 aromatic heterocycles. The number of halogens is 1. The van der Waals surface area contributed by atoms with Crippen LogP contribution < -0.4 is 0 Å². The minimum Gasteiger partial charge on any atom is -0.390 e. The van der Waals surface area contributed by atoms with E-state index < -0.39 is 5.60 Å². The molecule has 0 spiro atoms. The number of hydrogen-bond acceptors (Lipinski definition) is 1. The molecule has 2 heteroatoms. The van der Waals surface area contributed by atoms with Crippen molar-refractivity contribution in [3.63, 3.8) is 0 Å². The third-order valence-electron chi connectivity index (χ3n) is 3.54. The summed E-state index contributed by atoms with van der Waals surface area (Å²) in [7, 11) is 0. The molecule has 2 rings (SSSR count). The van der Waals surface area contributed by atoms with Gasteiger partial charge in [-0.3, -0.25) is 0 Å². The summed E-state index contributed by atoms with van der Waals surface area (Å²) in [4.78, 5) is 0. The molecule has 1 aliphatic rings. The fraction of sp³-hybridized carbons (Fsp3) is 0.538. The van der Waals surface area contributed by atoms with Crippen molar-refractivity contribution in [3.05, 3.63) is 34.3 Å². The van der Waals surface area contributed by atoms with Crippen molar-refractivity contribution in [2.75, 3.05) is 0 Å². The number of aliphatic hydroxyl groups is 1. The van der Waals surface area contributed by atoms with Crippen molar-refractivity contribution in [1.29, 1.82) is 0 Å². The molecule has 0 saturated heterocycles.